The summed E-state index contributed by atoms with van der Waals surface area (Å²) in [6, 6.07) is 10.0. The summed E-state index contributed by atoms with van der Waals surface area (Å²) in [5.41, 5.74) is 3.60. The zero-order valence-electron chi connectivity index (χ0n) is 13.7. The molecule has 2 amide bonds. The van der Waals surface area contributed by atoms with Crippen molar-refractivity contribution in [1.29, 1.82) is 0 Å². The van der Waals surface area contributed by atoms with Crippen LogP contribution in [-0.2, 0) is 5.41 Å². The number of halogens is 2. The SMILES string of the molecule is Cc1cc(C)c(NC(=O)NCC2(c3ccc(F)cc3)CC2)c(Cl)c1. The molecule has 0 bridgehead atoms. The van der Waals surface area contributed by atoms with Crippen LogP contribution >= 0.6 is 11.6 Å². The second-order valence-corrected chi connectivity index (χ2v) is 6.94. The molecule has 126 valence electrons. The minimum Gasteiger partial charge on any atom is -0.337 e. The van der Waals surface area contributed by atoms with Crippen LogP contribution in [0.15, 0.2) is 36.4 Å². The van der Waals surface area contributed by atoms with Crippen LogP contribution in [0, 0.1) is 19.7 Å². The van der Waals surface area contributed by atoms with E-state index in [-0.39, 0.29) is 17.3 Å². The maximum absolute atomic E-state index is 13.1. The molecule has 0 aromatic heterocycles. The van der Waals surface area contributed by atoms with Crippen molar-refractivity contribution in [3.8, 4) is 0 Å². The maximum atomic E-state index is 13.1. The molecule has 1 fully saturated rings. The number of anilines is 1. The van der Waals surface area contributed by atoms with Gasteiger partial charge in [0, 0.05) is 12.0 Å². The van der Waals surface area contributed by atoms with E-state index in [1.54, 1.807) is 12.1 Å². The van der Waals surface area contributed by atoms with E-state index >= 15 is 0 Å². The van der Waals surface area contributed by atoms with Crippen LogP contribution in [0.2, 0.25) is 5.02 Å². The lowest BCUT2D eigenvalue weighted by Crippen LogP contribution is -2.35. The van der Waals surface area contributed by atoms with Crippen molar-refractivity contribution >= 4 is 23.3 Å². The second-order valence-electron chi connectivity index (χ2n) is 6.53. The van der Waals surface area contributed by atoms with E-state index in [2.05, 4.69) is 10.6 Å². The van der Waals surface area contributed by atoms with E-state index in [0.29, 0.717) is 17.3 Å². The Labute approximate surface area is 146 Å². The largest absolute Gasteiger partial charge is 0.337 e. The number of hydrogen-bond acceptors (Lipinski definition) is 1. The molecule has 24 heavy (non-hydrogen) atoms. The third-order valence-electron chi connectivity index (χ3n) is 4.57. The molecule has 3 nitrogen and oxygen atoms in total. The lowest BCUT2D eigenvalue weighted by Gasteiger charge is -2.18. The summed E-state index contributed by atoms with van der Waals surface area (Å²) in [5, 5.41) is 6.27. The highest BCUT2D eigenvalue weighted by atomic mass is 35.5. The first-order valence-corrected chi connectivity index (χ1v) is 8.35. The average molecular weight is 347 g/mol. The maximum Gasteiger partial charge on any atom is 0.319 e. The fourth-order valence-electron chi connectivity index (χ4n) is 3.00. The topological polar surface area (TPSA) is 41.1 Å². The number of urea groups is 1. The predicted octanol–water partition coefficient (Wildman–Crippen LogP) is 4.95. The highest BCUT2D eigenvalue weighted by Gasteiger charge is 2.44. The predicted molar refractivity (Wildman–Crippen MR) is 95.3 cm³/mol. The molecule has 1 aliphatic carbocycles. The summed E-state index contributed by atoms with van der Waals surface area (Å²) >= 11 is 6.21. The normalized spacial score (nSPS) is 15.0. The molecule has 0 atom stereocenters. The number of nitrogens with one attached hydrogen (secondary N) is 2. The van der Waals surface area contributed by atoms with Gasteiger partial charge in [-0.05, 0) is 61.6 Å². The van der Waals surface area contributed by atoms with Crippen LogP contribution in [0.3, 0.4) is 0 Å². The Morgan fingerprint density at radius 3 is 2.46 bits per heavy atom. The van der Waals surface area contributed by atoms with E-state index < -0.39 is 0 Å². The van der Waals surface area contributed by atoms with Gasteiger partial charge in [0.25, 0.3) is 0 Å². The van der Waals surface area contributed by atoms with Gasteiger partial charge in [-0.15, -0.1) is 0 Å². The van der Waals surface area contributed by atoms with E-state index in [0.717, 1.165) is 29.5 Å². The third kappa shape index (κ3) is 3.54. The van der Waals surface area contributed by atoms with Gasteiger partial charge in [-0.3, -0.25) is 0 Å². The van der Waals surface area contributed by atoms with Gasteiger partial charge in [0.1, 0.15) is 5.82 Å². The first kappa shape index (κ1) is 16.8. The van der Waals surface area contributed by atoms with Crippen LogP contribution < -0.4 is 10.6 Å². The van der Waals surface area contributed by atoms with Crippen LogP contribution in [0.1, 0.15) is 29.5 Å². The van der Waals surface area contributed by atoms with Gasteiger partial charge in [0.05, 0.1) is 10.7 Å². The Morgan fingerprint density at radius 2 is 1.88 bits per heavy atom. The van der Waals surface area contributed by atoms with Crippen LogP contribution in [0.25, 0.3) is 0 Å². The molecule has 0 spiro atoms. The quantitative estimate of drug-likeness (QED) is 0.808. The zero-order valence-corrected chi connectivity index (χ0v) is 14.5. The van der Waals surface area contributed by atoms with Crippen molar-refractivity contribution in [2.24, 2.45) is 0 Å². The van der Waals surface area contributed by atoms with Gasteiger partial charge in [-0.2, -0.15) is 0 Å². The minimum atomic E-state index is -0.280. The fraction of sp³-hybridized carbons (Fsp3) is 0.316. The van der Waals surface area contributed by atoms with Crippen molar-refractivity contribution in [3.05, 3.63) is 63.9 Å². The third-order valence-corrected chi connectivity index (χ3v) is 4.87. The van der Waals surface area contributed by atoms with Crippen molar-refractivity contribution in [1.82, 2.24) is 5.32 Å². The molecule has 0 radical (unpaired) electrons. The lowest BCUT2D eigenvalue weighted by atomic mass is 9.96. The zero-order chi connectivity index (χ0) is 17.3. The van der Waals surface area contributed by atoms with Crippen molar-refractivity contribution in [2.75, 3.05) is 11.9 Å². The number of hydrogen-bond donors (Lipinski definition) is 2. The van der Waals surface area contributed by atoms with Crippen molar-refractivity contribution in [2.45, 2.75) is 32.1 Å². The van der Waals surface area contributed by atoms with Crippen LogP contribution in [0.5, 0.6) is 0 Å². The van der Waals surface area contributed by atoms with E-state index in [9.17, 15) is 9.18 Å². The molecule has 2 aromatic carbocycles. The van der Waals surface area contributed by atoms with Gasteiger partial charge in [0.15, 0.2) is 0 Å². The molecular formula is C19H20ClFN2O. The van der Waals surface area contributed by atoms with Crippen LogP contribution in [-0.4, -0.2) is 12.6 Å². The Kier molecular flexibility index (Phi) is 4.50. The molecular weight excluding hydrogens is 327 g/mol. The molecule has 1 aliphatic rings. The highest BCUT2D eigenvalue weighted by molar-refractivity contribution is 6.34. The number of carbonyl (C=O) groups excluding carboxylic acids is 1. The van der Waals surface area contributed by atoms with Gasteiger partial charge in [0.2, 0.25) is 0 Å². The standard InChI is InChI=1S/C19H20ClFN2O/c1-12-9-13(2)17(16(20)10-12)23-18(24)22-11-19(7-8-19)14-3-5-15(21)6-4-14/h3-6,9-10H,7-8,11H2,1-2H3,(H2,22,23,24). The first-order chi connectivity index (χ1) is 11.4. The molecule has 1 saturated carbocycles. The Balaban J connectivity index is 1.63. The molecule has 2 aromatic rings. The number of benzene rings is 2. The summed E-state index contributed by atoms with van der Waals surface area (Å²) in [6.45, 7) is 4.39. The fourth-order valence-corrected chi connectivity index (χ4v) is 3.37. The smallest absolute Gasteiger partial charge is 0.319 e. The monoisotopic (exact) mass is 346 g/mol. The Hall–Kier alpha value is -2.07. The Bertz CT molecular complexity index is 746. The number of aryl methyl sites for hydroxylation is 2. The molecule has 0 heterocycles. The summed E-state index contributed by atoms with van der Waals surface area (Å²) in [7, 11) is 0. The van der Waals surface area contributed by atoms with Gasteiger partial charge >= 0.3 is 6.03 Å². The van der Waals surface area contributed by atoms with Gasteiger partial charge < -0.3 is 10.6 Å². The van der Waals surface area contributed by atoms with Gasteiger partial charge in [-0.1, -0.05) is 29.8 Å². The number of amides is 2. The van der Waals surface area contributed by atoms with E-state index in [1.807, 2.05) is 26.0 Å². The molecule has 0 aliphatic heterocycles. The minimum absolute atomic E-state index is 0.0723. The number of rotatable bonds is 4. The van der Waals surface area contributed by atoms with Crippen molar-refractivity contribution in [3.63, 3.8) is 0 Å². The second kappa shape index (κ2) is 6.44. The molecule has 2 N–H and O–H groups in total. The average Bonchev–Trinajstić information content (AvgIpc) is 3.31. The summed E-state index contributed by atoms with van der Waals surface area (Å²) in [4.78, 5) is 12.2. The molecule has 0 unspecified atom stereocenters. The summed E-state index contributed by atoms with van der Waals surface area (Å²) in [6.07, 6.45) is 1.98. The summed E-state index contributed by atoms with van der Waals surface area (Å²) < 4.78 is 13.1. The molecule has 3 rings (SSSR count). The molecule has 5 heteroatoms. The van der Waals surface area contributed by atoms with E-state index in [4.69, 9.17) is 11.6 Å². The lowest BCUT2D eigenvalue weighted by molar-refractivity contribution is 0.251. The first-order valence-electron chi connectivity index (χ1n) is 7.97. The van der Waals surface area contributed by atoms with Crippen LogP contribution in [0.4, 0.5) is 14.9 Å². The van der Waals surface area contributed by atoms with Crippen molar-refractivity contribution < 1.29 is 9.18 Å². The van der Waals surface area contributed by atoms with Gasteiger partial charge in [-0.25, -0.2) is 9.18 Å². The highest BCUT2D eigenvalue weighted by Crippen LogP contribution is 2.47. The number of carbonyl (C=O) groups is 1. The Morgan fingerprint density at radius 1 is 1.21 bits per heavy atom. The summed E-state index contributed by atoms with van der Waals surface area (Å²) in [5.74, 6) is -0.246. The van der Waals surface area contributed by atoms with E-state index in [1.165, 1.54) is 12.1 Å². The molecule has 0 saturated heterocycles.